The average molecular weight is 480 g/mol. The molecule has 1 aliphatic carbocycles. The highest BCUT2D eigenvalue weighted by molar-refractivity contribution is 5.71. The van der Waals surface area contributed by atoms with Gasteiger partial charge in [0.25, 0.3) is 0 Å². The van der Waals surface area contributed by atoms with Crippen LogP contribution in [0.15, 0.2) is 42.5 Å². The van der Waals surface area contributed by atoms with Gasteiger partial charge in [-0.2, -0.15) is 13.2 Å². The Bertz CT molecular complexity index is 1040. The Morgan fingerprint density at radius 3 is 2.53 bits per heavy atom. The fourth-order valence-corrected chi connectivity index (χ4v) is 4.93. The van der Waals surface area contributed by atoms with Crippen LogP contribution in [0.1, 0.15) is 47.9 Å². The van der Waals surface area contributed by atoms with Crippen LogP contribution in [0, 0.1) is 18.8 Å². The molecule has 1 N–H and O–H groups in total. The Morgan fingerprint density at radius 1 is 1.21 bits per heavy atom. The fourth-order valence-electron chi connectivity index (χ4n) is 4.93. The van der Waals surface area contributed by atoms with Crippen molar-refractivity contribution in [1.29, 1.82) is 0 Å². The lowest BCUT2D eigenvalue weighted by atomic mass is 9.83. The Hall–Kier alpha value is -2.61. The highest BCUT2D eigenvalue weighted by Crippen LogP contribution is 2.47. The van der Waals surface area contributed by atoms with Crippen LogP contribution in [0.2, 0.25) is 0 Å². The van der Waals surface area contributed by atoms with E-state index in [0.29, 0.717) is 11.7 Å². The van der Waals surface area contributed by atoms with Crippen LogP contribution in [0.3, 0.4) is 0 Å². The summed E-state index contributed by atoms with van der Waals surface area (Å²) in [5.41, 5.74) is -0.607. The standard InChI is InChI=1S/C26H29F4NO3/c1-16-6-9-22(26(28,29)30)20(10-16)12-31-13-25(27,14-31)15-34-21-5-3-4-19(11-21)23(18-7-8-18)17(2)24(32)33/h3-6,9-11,17-18,23H,7-8,12-15H2,1-2H3,(H,32,33)/t17-,23-/m0/s1. The van der Waals surface area contributed by atoms with Crippen molar-refractivity contribution in [2.45, 2.75) is 51.0 Å². The lowest BCUT2D eigenvalue weighted by Gasteiger charge is -2.44. The molecule has 4 rings (SSSR count). The molecule has 8 heteroatoms. The number of benzene rings is 2. The molecule has 2 fully saturated rings. The number of aliphatic carboxylic acids is 1. The summed E-state index contributed by atoms with van der Waals surface area (Å²) in [6.07, 6.45) is -2.47. The van der Waals surface area contributed by atoms with Gasteiger partial charge in [0.15, 0.2) is 5.67 Å². The van der Waals surface area contributed by atoms with E-state index < -0.39 is 29.3 Å². The van der Waals surface area contributed by atoms with Crippen molar-refractivity contribution in [1.82, 2.24) is 4.90 Å². The largest absolute Gasteiger partial charge is 0.490 e. The molecule has 1 saturated heterocycles. The van der Waals surface area contributed by atoms with Gasteiger partial charge in [-0.3, -0.25) is 9.69 Å². The van der Waals surface area contributed by atoms with Crippen molar-refractivity contribution in [3.05, 3.63) is 64.7 Å². The third-order valence-electron chi connectivity index (χ3n) is 6.77. The number of alkyl halides is 4. The first-order chi connectivity index (χ1) is 15.9. The second-order valence-corrected chi connectivity index (χ2v) is 9.81. The molecule has 34 heavy (non-hydrogen) atoms. The fraction of sp³-hybridized carbons (Fsp3) is 0.500. The van der Waals surface area contributed by atoms with Crippen LogP contribution >= 0.6 is 0 Å². The summed E-state index contributed by atoms with van der Waals surface area (Å²) >= 11 is 0. The second kappa shape index (κ2) is 9.21. The van der Waals surface area contributed by atoms with Gasteiger partial charge >= 0.3 is 12.1 Å². The monoisotopic (exact) mass is 479 g/mol. The smallest absolute Gasteiger partial charge is 0.416 e. The predicted octanol–water partition coefficient (Wildman–Crippen LogP) is 5.83. The summed E-state index contributed by atoms with van der Waals surface area (Å²) < 4.78 is 60.7. The summed E-state index contributed by atoms with van der Waals surface area (Å²) in [5.74, 6) is -0.690. The van der Waals surface area contributed by atoms with Crippen LogP contribution in [-0.4, -0.2) is 41.3 Å². The summed E-state index contributed by atoms with van der Waals surface area (Å²) in [4.78, 5) is 13.2. The molecular formula is C26H29F4NO3. The number of rotatable bonds is 9. The zero-order valence-electron chi connectivity index (χ0n) is 19.2. The second-order valence-electron chi connectivity index (χ2n) is 9.81. The summed E-state index contributed by atoms with van der Waals surface area (Å²) in [7, 11) is 0. The van der Waals surface area contributed by atoms with Crippen LogP contribution in [0.25, 0.3) is 0 Å². The van der Waals surface area contributed by atoms with Gasteiger partial charge in [-0.25, -0.2) is 4.39 Å². The predicted molar refractivity (Wildman–Crippen MR) is 119 cm³/mol. The molecule has 0 bridgehead atoms. The van der Waals surface area contributed by atoms with Gasteiger partial charge in [-0.1, -0.05) is 36.8 Å². The molecule has 4 nitrogen and oxygen atoms in total. The molecule has 0 aromatic heterocycles. The maximum absolute atomic E-state index is 15.1. The quantitative estimate of drug-likeness (QED) is 0.460. The van der Waals surface area contributed by atoms with Crippen LogP contribution in [0.4, 0.5) is 17.6 Å². The summed E-state index contributed by atoms with van der Waals surface area (Å²) in [6.45, 7) is 3.21. The van der Waals surface area contributed by atoms with Gasteiger partial charge in [0, 0.05) is 19.6 Å². The van der Waals surface area contributed by atoms with Crippen molar-refractivity contribution in [3.63, 3.8) is 0 Å². The molecule has 2 aliphatic rings. The maximum Gasteiger partial charge on any atom is 0.416 e. The number of halogens is 4. The Balaban J connectivity index is 1.36. The van der Waals surface area contributed by atoms with Crippen molar-refractivity contribution in [2.75, 3.05) is 19.7 Å². The van der Waals surface area contributed by atoms with E-state index in [4.69, 9.17) is 4.74 Å². The first kappa shape index (κ1) is 24.5. The molecule has 0 spiro atoms. The normalized spacial score (nSPS) is 19.8. The van der Waals surface area contributed by atoms with Crippen molar-refractivity contribution >= 4 is 5.97 Å². The molecule has 2 atom stereocenters. The molecule has 0 amide bonds. The first-order valence-electron chi connectivity index (χ1n) is 11.5. The molecule has 1 heterocycles. The van der Waals surface area contributed by atoms with Gasteiger partial charge in [-0.15, -0.1) is 0 Å². The van der Waals surface area contributed by atoms with Gasteiger partial charge in [0.1, 0.15) is 12.4 Å². The zero-order chi connectivity index (χ0) is 24.7. The van der Waals surface area contributed by atoms with Gasteiger partial charge in [0.05, 0.1) is 11.5 Å². The van der Waals surface area contributed by atoms with Crippen LogP contribution in [0.5, 0.6) is 5.75 Å². The molecular weight excluding hydrogens is 450 g/mol. The number of hydrogen-bond acceptors (Lipinski definition) is 3. The molecule has 2 aromatic rings. The highest BCUT2D eigenvalue weighted by Gasteiger charge is 2.45. The highest BCUT2D eigenvalue weighted by atomic mass is 19.4. The van der Waals surface area contributed by atoms with Crippen molar-refractivity contribution < 1.29 is 32.2 Å². The van der Waals surface area contributed by atoms with Crippen molar-refractivity contribution in [2.24, 2.45) is 11.8 Å². The summed E-state index contributed by atoms with van der Waals surface area (Å²) in [6, 6.07) is 11.1. The van der Waals surface area contributed by atoms with E-state index in [1.807, 2.05) is 6.07 Å². The van der Waals surface area contributed by atoms with E-state index in [1.54, 1.807) is 36.9 Å². The lowest BCUT2D eigenvalue weighted by molar-refractivity contribution is -0.142. The van der Waals surface area contributed by atoms with E-state index >= 15 is 4.39 Å². The molecule has 0 radical (unpaired) electrons. The molecule has 1 aliphatic heterocycles. The van der Waals surface area contributed by atoms with E-state index in [2.05, 4.69) is 0 Å². The Labute approximate surface area is 196 Å². The molecule has 184 valence electrons. The number of carboxylic acid groups (broad SMARTS) is 1. The van der Waals surface area contributed by atoms with Crippen molar-refractivity contribution in [3.8, 4) is 5.75 Å². The molecule has 0 unspecified atom stereocenters. The average Bonchev–Trinajstić information content (AvgIpc) is 3.56. The van der Waals surface area contributed by atoms with E-state index in [9.17, 15) is 23.1 Å². The van der Waals surface area contributed by atoms with Gasteiger partial charge in [-0.05, 0) is 60.9 Å². The zero-order valence-corrected chi connectivity index (χ0v) is 19.2. The number of hydrogen-bond donors (Lipinski definition) is 1. The third-order valence-corrected chi connectivity index (χ3v) is 6.77. The van der Waals surface area contributed by atoms with Crippen LogP contribution < -0.4 is 4.74 Å². The number of ether oxygens (including phenoxy) is 1. The topological polar surface area (TPSA) is 49.8 Å². The number of aryl methyl sites for hydroxylation is 1. The minimum atomic E-state index is -4.45. The van der Waals surface area contributed by atoms with Crippen LogP contribution in [-0.2, 0) is 17.5 Å². The Kier molecular flexibility index (Phi) is 6.64. The number of nitrogens with zero attached hydrogens (tertiary/aromatic N) is 1. The van der Waals surface area contributed by atoms with E-state index in [-0.39, 0.29) is 37.7 Å². The summed E-state index contributed by atoms with van der Waals surface area (Å²) in [5, 5.41) is 9.47. The number of carboxylic acids is 1. The Morgan fingerprint density at radius 2 is 1.91 bits per heavy atom. The SMILES string of the molecule is Cc1ccc(C(F)(F)F)c(CN2CC(F)(COc3cccc([C@H](C4CC4)[C@H](C)C(=O)O)c3)C2)c1. The third kappa shape index (κ3) is 5.54. The van der Waals surface area contributed by atoms with E-state index in [0.717, 1.165) is 30.0 Å². The van der Waals surface area contributed by atoms with Gasteiger partial charge < -0.3 is 9.84 Å². The first-order valence-corrected chi connectivity index (χ1v) is 11.5. The number of likely N-dealkylation sites (tertiary alicyclic amines) is 1. The minimum Gasteiger partial charge on any atom is -0.490 e. The van der Waals surface area contributed by atoms with E-state index in [1.165, 1.54) is 12.1 Å². The lowest BCUT2D eigenvalue weighted by Crippen LogP contribution is -2.61. The minimum absolute atomic E-state index is 0.0152. The maximum atomic E-state index is 15.1. The molecule has 2 aromatic carbocycles. The van der Waals surface area contributed by atoms with Gasteiger partial charge in [0.2, 0.25) is 0 Å². The molecule has 1 saturated carbocycles. The number of carbonyl (C=O) groups is 1.